The minimum Gasteiger partial charge on any atom is -0.352 e. The lowest BCUT2D eigenvalue weighted by Gasteiger charge is -2.24. The Kier molecular flexibility index (Phi) is 5.35. The molecular formula is C19H25N5O2. The van der Waals surface area contributed by atoms with Gasteiger partial charge in [-0.2, -0.15) is 5.10 Å². The topological polar surface area (TPSA) is 80.1 Å². The highest BCUT2D eigenvalue weighted by Gasteiger charge is 2.31. The Labute approximate surface area is 153 Å². The van der Waals surface area contributed by atoms with E-state index < -0.39 is 0 Å². The number of aromatic nitrogens is 3. The number of carbonyl (C=O) groups excluding carboxylic acids is 2. The molecule has 1 fully saturated rings. The maximum atomic E-state index is 12.8. The Morgan fingerprint density at radius 2 is 2.12 bits per heavy atom. The number of carbonyl (C=O) groups is 2. The average Bonchev–Trinajstić information content (AvgIpc) is 3.20. The summed E-state index contributed by atoms with van der Waals surface area (Å²) in [7, 11) is 0. The van der Waals surface area contributed by atoms with E-state index in [4.69, 9.17) is 0 Å². The fraction of sp³-hybridized carbons (Fsp3) is 0.474. The Morgan fingerprint density at radius 3 is 2.73 bits per heavy atom. The van der Waals surface area contributed by atoms with Crippen LogP contribution in [0.4, 0.5) is 0 Å². The van der Waals surface area contributed by atoms with Gasteiger partial charge in [0.2, 0.25) is 11.8 Å². The van der Waals surface area contributed by atoms with Gasteiger partial charge in [0.25, 0.3) is 0 Å². The van der Waals surface area contributed by atoms with Crippen LogP contribution in [0, 0.1) is 13.8 Å². The van der Waals surface area contributed by atoms with Gasteiger partial charge in [0, 0.05) is 31.9 Å². The molecule has 3 heterocycles. The summed E-state index contributed by atoms with van der Waals surface area (Å²) in [5.41, 5.74) is 3.76. The standard InChI is InChI=1S/C19H25N5O2/c1-13-9-14(2)24(22-13)12-19(26)23-8-4-5-18(23)17-7-6-16(11-21-17)10-20-15(3)25/h6-7,9,11,18H,4-5,8,10,12H2,1-3H3,(H,20,25)/t18-/m1/s1. The van der Waals surface area contributed by atoms with Crippen LogP contribution in [-0.2, 0) is 22.7 Å². The molecule has 2 amide bonds. The van der Waals surface area contributed by atoms with E-state index in [1.54, 1.807) is 10.9 Å². The van der Waals surface area contributed by atoms with Crippen LogP contribution < -0.4 is 5.32 Å². The molecule has 0 unspecified atom stereocenters. The molecule has 1 saturated heterocycles. The molecule has 1 atom stereocenters. The second-order valence-corrected chi connectivity index (χ2v) is 6.83. The Morgan fingerprint density at radius 1 is 1.31 bits per heavy atom. The van der Waals surface area contributed by atoms with Crippen LogP contribution in [-0.4, -0.2) is 38.0 Å². The summed E-state index contributed by atoms with van der Waals surface area (Å²) in [6.45, 7) is 6.86. The van der Waals surface area contributed by atoms with Gasteiger partial charge in [-0.3, -0.25) is 19.3 Å². The van der Waals surface area contributed by atoms with E-state index in [9.17, 15) is 9.59 Å². The lowest BCUT2D eigenvalue weighted by molar-refractivity contribution is -0.133. The first-order chi connectivity index (χ1) is 12.4. The van der Waals surface area contributed by atoms with Crippen LogP contribution in [0.25, 0.3) is 0 Å². The Bertz CT molecular complexity index is 797. The van der Waals surface area contributed by atoms with Crippen molar-refractivity contribution in [1.82, 2.24) is 25.0 Å². The predicted octanol–water partition coefficient (Wildman–Crippen LogP) is 1.89. The number of nitrogens with zero attached hydrogens (tertiary/aromatic N) is 4. The van der Waals surface area contributed by atoms with Crippen molar-refractivity contribution in [1.29, 1.82) is 0 Å². The van der Waals surface area contributed by atoms with E-state index >= 15 is 0 Å². The maximum Gasteiger partial charge on any atom is 0.244 e. The summed E-state index contributed by atoms with van der Waals surface area (Å²) < 4.78 is 1.76. The first kappa shape index (κ1) is 18.1. The maximum absolute atomic E-state index is 12.8. The predicted molar refractivity (Wildman–Crippen MR) is 97.1 cm³/mol. The summed E-state index contributed by atoms with van der Waals surface area (Å²) in [5.74, 6) is 0.00798. The minimum atomic E-state index is -0.0641. The summed E-state index contributed by atoms with van der Waals surface area (Å²) in [6, 6.07) is 5.90. The third-order valence-electron chi connectivity index (χ3n) is 4.69. The van der Waals surface area contributed by atoms with E-state index in [-0.39, 0.29) is 24.4 Å². The lowest BCUT2D eigenvalue weighted by atomic mass is 10.1. The van der Waals surface area contributed by atoms with E-state index in [0.29, 0.717) is 6.54 Å². The molecule has 2 aromatic heterocycles. The molecule has 7 heteroatoms. The summed E-state index contributed by atoms with van der Waals surface area (Å²) >= 11 is 0. The van der Waals surface area contributed by atoms with Gasteiger partial charge >= 0.3 is 0 Å². The monoisotopic (exact) mass is 355 g/mol. The van der Waals surface area contributed by atoms with E-state index in [0.717, 1.165) is 42.0 Å². The van der Waals surface area contributed by atoms with Gasteiger partial charge < -0.3 is 10.2 Å². The SMILES string of the molecule is CC(=O)NCc1ccc([C@H]2CCCN2C(=O)Cn2nc(C)cc2C)nc1. The van der Waals surface area contributed by atoms with Crippen molar-refractivity contribution in [3.05, 3.63) is 47.0 Å². The molecule has 1 aliphatic heterocycles. The van der Waals surface area contributed by atoms with Crippen LogP contribution in [0.5, 0.6) is 0 Å². The van der Waals surface area contributed by atoms with E-state index in [1.165, 1.54) is 6.92 Å². The van der Waals surface area contributed by atoms with Crippen molar-refractivity contribution in [2.75, 3.05) is 6.54 Å². The zero-order chi connectivity index (χ0) is 18.7. The second kappa shape index (κ2) is 7.68. The molecule has 0 spiro atoms. The van der Waals surface area contributed by atoms with Gasteiger partial charge in [-0.15, -0.1) is 0 Å². The second-order valence-electron chi connectivity index (χ2n) is 6.83. The van der Waals surface area contributed by atoms with E-state index in [2.05, 4.69) is 15.4 Å². The third kappa shape index (κ3) is 4.09. The molecule has 1 aliphatic rings. The van der Waals surface area contributed by atoms with Crippen molar-refractivity contribution in [2.45, 2.75) is 52.7 Å². The smallest absolute Gasteiger partial charge is 0.244 e. The number of pyridine rings is 1. The third-order valence-corrected chi connectivity index (χ3v) is 4.69. The fourth-order valence-corrected chi connectivity index (χ4v) is 3.39. The fourth-order valence-electron chi connectivity index (χ4n) is 3.39. The molecule has 0 saturated carbocycles. The molecule has 0 aliphatic carbocycles. The van der Waals surface area contributed by atoms with Crippen molar-refractivity contribution in [2.24, 2.45) is 0 Å². The zero-order valence-corrected chi connectivity index (χ0v) is 15.5. The normalized spacial score (nSPS) is 16.7. The van der Waals surface area contributed by atoms with Gasteiger partial charge in [0.05, 0.1) is 17.4 Å². The van der Waals surface area contributed by atoms with Gasteiger partial charge in [0.1, 0.15) is 6.54 Å². The minimum absolute atomic E-state index is 0.00859. The van der Waals surface area contributed by atoms with Gasteiger partial charge in [-0.25, -0.2) is 0 Å². The van der Waals surface area contributed by atoms with Crippen molar-refractivity contribution in [3.63, 3.8) is 0 Å². The number of aryl methyl sites for hydroxylation is 2. The summed E-state index contributed by atoms with van der Waals surface area (Å²) in [6.07, 6.45) is 3.66. The molecule has 0 aromatic carbocycles. The molecule has 7 nitrogen and oxygen atoms in total. The van der Waals surface area contributed by atoms with Gasteiger partial charge in [-0.1, -0.05) is 6.07 Å². The van der Waals surface area contributed by atoms with Crippen LogP contribution in [0.2, 0.25) is 0 Å². The average molecular weight is 355 g/mol. The molecule has 3 rings (SSSR count). The molecule has 1 N–H and O–H groups in total. The molecule has 2 aromatic rings. The number of hydrogen-bond acceptors (Lipinski definition) is 4. The number of nitrogens with one attached hydrogen (secondary N) is 1. The molecule has 26 heavy (non-hydrogen) atoms. The van der Waals surface area contributed by atoms with Crippen LogP contribution in [0.3, 0.4) is 0 Å². The number of hydrogen-bond donors (Lipinski definition) is 1. The Hall–Kier alpha value is -2.70. The van der Waals surface area contributed by atoms with Crippen molar-refractivity contribution < 1.29 is 9.59 Å². The first-order valence-electron chi connectivity index (χ1n) is 8.94. The highest BCUT2D eigenvalue weighted by atomic mass is 16.2. The van der Waals surface area contributed by atoms with Crippen LogP contribution in [0.1, 0.15) is 48.5 Å². The molecular weight excluding hydrogens is 330 g/mol. The summed E-state index contributed by atoms with van der Waals surface area (Å²) in [4.78, 5) is 30.2. The summed E-state index contributed by atoms with van der Waals surface area (Å²) in [5, 5.41) is 7.14. The highest BCUT2D eigenvalue weighted by molar-refractivity contribution is 5.76. The zero-order valence-electron chi connectivity index (χ0n) is 15.5. The van der Waals surface area contributed by atoms with Gasteiger partial charge in [-0.05, 0) is 44.4 Å². The van der Waals surface area contributed by atoms with E-state index in [1.807, 2.05) is 36.9 Å². The first-order valence-corrected chi connectivity index (χ1v) is 8.94. The molecule has 0 bridgehead atoms. The van der Waals surface area contributed by atoms with Gasteiger partial charge in [0.15, 0.2) is 0 Å². The van der Waals surface area contributed by atoms with Crippen LogP contribution >= 0.6 is 0 Å². The van der Waals surface area contributed by atoms with Crippen LogP contribution in [0.15, 0.2) is 24.4 Å². The number of amides is 2. The Balaban J connectivity index is 1.68. The number of rotatable bonds is 5. The lowest BCUT2D eigenvalue weighted by Crippen LogP contribution is -2.34. The molecule has 0 radical (unpaired) electrons. The quantitative estimate of drug-likeness (QED) is 0.888. The molecule has 138 valence electrons. The highest BCUT2D eigenvalue weighted by Crippen LogP contribution is 2.31. The largest absolute Gasteiger partial charge is 0.352 e. The van der Waals surface area contributed by atoms with Crippen molar-refractivity contribution in [3.8, 4) is 0 Å². The van der Waals surface area contributed by atoms with Crippen molar-refractivity contribution >= 4 is 11.8 Å². The number of likely N-dealkylation sites (tertiary alicyclic amines) is 1.